The van der Waals surface area contributed by atoms with Crippen LogP contribution < -0.4 is 0 Å². The average Bonchev–Trinajstić information content (AvgIpc) is 3.36. The Morgan fingerprint density at radius 1 is 1.04 bits per heavy atom. The van der Waals surface area contributed by atoms with Gasteiger partial charge in [0.05, 0.1) is 18.5 Å². The number of nitrogens with zero attached hydrogens (tertiary/aromatic N) is 5. The van der Waals surface area contributed by atoms with Crippen LogP contribution in [0.1, 0.15) is 11.3 Å². The van der Waals surface area contributed by atoms with Crippen molar-refractivity contribution in [3.63, 3.8) is 0 Å². The van der Waals surface area contributed by atoms with Crippen LogP contribution in [0.3, 0.4) is 0 Å². The van der Waals surface area contributed by atoms with Gasteiger partial charge >= 0.3 is 0 Å². The summed E-state index contributed by atoms with van der Waals surface area (Å²) in [7, 11) is 0. The Hall–Kier alpha value is -2.87. The first-order valence-electron chi connectivity index (χ1n) is 7.31. The van der Waals surface area contributed by atoms with Crippen molar-refractivity contribution in [2.24, 2.45) is 0 Å². The summed E-state index contributed by atoms with van der Waals surface area (Å²) in [5.74, 6) is 1.88. The summed E-state index contributed by atoms with van der Waals surface area (Å²) in [6, 6.07) is 15.6. The molecule has 0 atom stereocenters. The molecule has 4 rings (SSSR count). The Labute approximate surface area is 141 Å². The molecule has 8 heteroatoms. The minimum absolute atomic E-state index is 0.610. The summed E-state index contributed by atoms with van der Waals surface area (Å²) in [4.78, 5) is 0. The zero-order valence-electron chi connectivity index (χ0n) is 12.6. The lowest BCUT2D eigenvalue weighted by molar-refractivity contribution is 0.413. The Kier molecular flexibility index (Phi) is 4.11. The first kappa shape index (κ1) is 14.7. The molecule has 4 aromatic rings. The van der Waals surface area contributed by atoms with Crippen molar-refractivity contribution in [1.29, 1.82) is 0 Å². The van der Waals surface area contributed by atoms with E-state index in [-0.39, 0.29) is 0 Å². The van der Waals surface area contributed by atoms with Gasteiger partial charge in [-0.2, -0.15) is 0 Å². The van der Waals surface area contributed by atoms with Gasteiger partial charge < -0.3 is 8.94 Å². The topological polar surface area (TPSA) is 82.8 Å². The van der Waals surface area contributed by atoms with Crippen LogP contribution in [-0.2, 0) is 12.3 Å². The second-order valence-electron chi connectivity index (χ2n) is 5.05. The van der Waals surface area contributed by atoms with Crippen LogP contribution in [0.15, 0.2) is 68.9 Å². The highest BCUT2D eigenvalue weighted by Gasteiger charge is 2.12. The van der Waals surface area contributed by atoms with Crippen molar-refractivity contribution >= 4 is 11.8 Å². The van der Waals surface area contributed by atoms with Crippen LogP contribution in [0.25, 0.3) is 11.5 Å². The standard InChI is InChI=1S/C16H13N5O2S/c1-2-5-12(6-3-1)10-21-16(17-19-20-21)24-11-13-9-15(23-18-13)14-7-4-8-22-14/h1-9H,10-11H2. The average molecular weight is 339 g/mol. The van der Waals surface area contributed by atoms with Crippen molar-refractivity contribution < 1.29 is 8.94 Å². The molecule has 24 heavy (non-hydrogen) atoms. The van der Waals surface area contributed by atoms with Crippen molar-refractivity contribution in [1.82, 2.24) is 25.4 Å². The minimum Gasteiger partial charge on any atom is -0.461 e. The van der Waals surface area contributed by atoms with Crippen molar-refractivity contribution in [3.8, 4) is 11.5 Å². The molecule has 0 aliphatic carbocycles. The van der Waals surface area contributed by atoms with Crippen molar-refractivity contribution in [3.05, 3.63) is 66.1 Å². The highest BCUT2D eigenvalue weighted by atomic mass is 32.2. The van der Waals surface area contributed by atoms with Gasteiger partial charge in [-0.05, 0) is 28.1 Å². The molecule has 120 valence electrons. The van der Waals surface area contributed by atoms with E-state index in [1.54, 1.807) is 10.9 Å². The number of hydrogen-bond acceptors (Lipinski definition) is 7. The molecule has 0 aliphatic rings. The molecule has 3 aromatic heterocycles. The fraction of sp³-hybridized carbons (Fsp3) is 0.125. The van der Waals surface area contributed by atoms with Gasteiger partial charge in [0, 0.05) is 11.8 Å². The second-order valence-corrected chi connectivity index (χ2v) is 6.00. The zero-order valence-corrected chi connectivity index (χ0v) is 13.4. The molecule has 0 N–H and O–H groups in total. The maximum atomic E-state index is 5.29. The minimum atomic E-state index is 0.610. The van der Waals surface area contributed by atoms with E-state index >= 15 is 0 Å². The third-order valence-corrected chi connectivity index (χ3v) is 4.34. The molecule has 0 bridgehead atoms. The van der Waals surface area contributed by atoms with Gasteiger partial charge in [0.2, 0.25) is 10.9 Å². The third-order valence-electron chi connectivity index (χ3n) is 3.35. The molecule has 0 saturated heterocycles. The number of hydrogen-bond donors (Lipinski definition) is 0. The smallest absolute Gasteiger partial charge is 0.210 e. The normalized spacial score (nSPS) is 11.0. The zero-order chi connectivity index (χ0) is 16.2. The van der Waals surface area contributed by atoms with E-state index in [1.807, 2.05) is 48.5 Å². The number of aromatic nitrogens is 5. The van der Waals surface area contributed by atoms with Crippen molar-refractivity contribution in [2.45, 2.75) is 17.5 Å². The molecular formula is C16H13N5O2S. The summed E-state index contributed by atoms with van der Waals surface area (Å²) < 4.78 is 12.4. The summed E-state index contributed by atoms with van der Waals surface area (Å²) in [6.45, 7) is 0.632. The molecule has 3 heterocycles. The molecule has 7 nitrogen and oxygen atoms in total. The molecule has 0 spiro atoms. The predicted molar refractivity (Wildman–Crippen MR) is 87.1 cm³/mol. The van der Waals surface area contributed by atoms with E-state index in [9.17, 15) is 0 Å². The van der Waals surface area contributed by atoms with E-state index in [0.29, 0.717) is 23.8 Å². The highest BCUT2D eigenvalue weighted by molar-refractivity contribution is 7.98. The molecule has 0 radical (unpaired) electrons. The Bertz CT molecular complexity index is 902. The number of furan rings is 1. The first-order chi connectivity index (χ1) is 11.9. The lowest BCUT2D eigenvalue weighted by Crippen LogP contribution is -2.03. The first-order valence-corrected chi connectivity index (χ1v) is 8.29. The van der Waals surface area contributed by atoms with Gasteiger partial charge in [-0.25, -0.2) is 4.68 Å². The lowest BCUT2D eigenvalue weighted by Gasteiger charge is -2.03. The van der Waals surface area contributed by atoms with Crippen LogP contribution in [0.5, 0.6) is 0 Å². The van der Waals surface area contributed by atoms with Gasteiger partial charge in [0.15, 0.2) is 5.76 Å². The maximum absolute atomic E-state index is 5.29. The fourth-order valence-electron chi connectivity index (χ4n) is 2.21. The fourth-order valence-corrected chi connectivity index (χ4v) is 2.97. The van der Waals surface area contributed by atoms with Crippen LogP contribution >= 0.6 is 11.8 Å². The largest absolute Gasteiger partial charge is 0.461 e. The van der Waals surface area contributed by atoms with Crippen LogP contribution in [0.4, 0.5) is 0 Å². The van der Waals surface area contributed by atoms with Gasteiger partial charge in [-0.1, -0.05) is 47.3 Å². The van der Waals surface area contributed by atoms with Gasteiger partial charge in [0.25, 0.3) is 0 Å². The Morgan fingerprint density at radius 3 is 2.79 bits per heavy atom. The van der Waals surface area contributed by atoms with Gasteiger partial charge in [0.1, 0.15) is 0 Å². The molecule has 0 unspecified atom stereocenters. The molecule has 1 aromatic carbocycles. The second kappa shape index (κ2) is 6.71. The summed E-state index contributed by atoms with van der Waals surface area (Å²) in [5.41, 5.74) is 1.95. The third kappa shape index (κ3) is 3.23. The van der Waals surface area contributed by atoms with Crippen LogP contribution in [-0.4, -0.2) is 25.4 Å². The van der Waals surface area contributed by atoms with E-state index in [0.717, 1.165) is 16.4 Å². The van der Waals surface area contributed by atoms with E-state index in [1.165, 1.54) is 11.8 Å². The maximum Gasteiger partial charge on any atom is 0.210 e. The molecular weight excluding hydrogens is 326 g/mol. The quantitative estimate of drug-likeness (QED) is 0.499. The Balaban J connectivity index is 1.43. The van der Waals surface area contributed by atoms with Crippen LogP contribution in [0, 0.1) is 0 Å². The van der Waals surface area contributed by atoms with E-state index in [2.05, 4.69) is 20.7 Å². The van der Waals surface area contributed by atoms with Crippen molar-refractivity contribution in [2.75, 3.05) is 0 Å². The number of tetrazole rings is 1. The van der Waals surface area contributed by atoms with E-state index < -0.39 is 0 Å². The SMILES string of the molecule is c1ccc(Cn2nnnc2SCc2cc(-c3ccco3)on2)cc1. The predicted octanol–water partition coefficient (Wildman–Crippen LogP) is 3.26. The monoisotopic (exact) mass is 339 g/mol. The number of thioether (sulfide) groups is 1. The highest BCUT2D eigenvalue weighted by Crippen LogP contribution is 2.25. The van der Waals surface area contributed by atoms with Gasteiger partial charge in [-0.3, -0.25) is 0 Å². The molecule has 0 saturated carbocycles. The number of rotatable bonds is 6. The van der Waals surface area contributed by atoms with E-state index in [4.69, 9.17) is 8.94 Å². The molecule has 0 amide bonds. The van der Waals surface area contributed by atoms with Crippen LogP contribution in [0.2, 0.25) is 0 Å². The molecule has 0 fully saturated rings. The van der Waals surface area contributed by atoms with Gasteiger partial charge in [-0.15, -0.1) is 5.10 Å². The summed E-state index contributed by atoms with van der Waals surface area (Å²) in [5, 5.41) is 16.7. The molecule has 0 aliphatic heterocycles. The Morgan fingerprint density at radius 2 is 1.96 bits per heavy atom. The summed E-state index contributed by atoms with van der Waals surface area (Å²) >= 11 is 1.51. The lowest BCUT2D eigenvalue weighted by atomic mass is 10.2. The summed E-state index contributed by atoms with van der Waals surface area (Å²) in [6.07, 6.45) is 1.60. The number of benzene rings is 1.